The van der Waals surface area contributed by atoms with Crippen LogP contribution in [0.1, 0.15) is 6.42 Å². The summed E-state index contributed by atoms with van der Waals surface area (Å²) in [6.45, 7) is 1.43. The van der Waals surface area contributed by atoms with Crippen LogP contribution in [0.4, 0.5) is 0 Å². The molecule has 8 nitrogen and oxygen atoms in total. The summed E-state index contributed by atoms with van der Waals surface area (Å²) < 4.78 is 6.83. The maximum Gasteiger partial charge on any atom is 0.322 e. The van der Waals surface area contributed by atoms with Crippen LogP contribution in [0.2, 0.25) is 5.28 Å². The van der Waals surface area contributed by atoms with Crippen molar-refractivity contribution in [3.63, 3.8) is 0 Å². The third-order valence-corrected chi connectivity index (χ3v) is 2.35. The van der Waals surface area contributed by atoms with Crippen LogP contribution in [0.3, 0.4) is 0 Å². The summed E-state index contributed by atoms with van der Waals surface area (Å²) in [6, 6.07) is 0.184. The first kappa shape index (κ1) is 13.6. The fraction of sp³-hybridized carbons (Fsp3) is 0.500. The Morgan fingerprint density at radius 1 is 1.32 bits per heavy atom. The Kier molecular flexibility index (Phi) is 4.58. The number of hydrogen-bond acceptors (Lipinski definition) is 7. The summed E-state index contributed by atoms with van der Waals surface area (Å²) in [4.78, 5) is 17.9. The Hall–Kier alpha value is -1.80. The van der Waals surface area contributed by atoms with Gasteiger partial charge >= 0.3 is 6.01 Å². The largest absolute Gasteiger partial charge is 0.463 e. The van der Waals surface area contributed by atoms with Gasteiger partial charge in [0.1, 0.15) is 12.7 Å². The molecule has 0 aliphatic rings. The van der Waals surface area contributed by atoms with E-state index < -0.39 is 0 Å². The van der Waals surface area contributed by atoms with Crippen LogP contribution in [0.15, 0.2) is 12.7 Å². The second-order valence-electron chi connectivity index (χ2n) is 4.03. The molecule has 0 aliphatic heterocycles. The second kappa shape index (κ2) is 6.39. The van der Waals surface area contributed by atoms with Crippen LogP contribution in [0.25, 0.3) is 5.95 Å². The Bertz CT molecular complexity index is 517. The molecule has 0 fully saturated rings. The van der Waals surface area contributed by atoms with Crippen molar-refractivity contribution in [3.8, 4) is 12.0 Å². The predicted octanol–water partition coefficient (Wildman–Crippen LogP) is 0.436. The van der Waals surface area contributed by atoms with Crippen LogP contribution in [-0.4, -0.2) is 61.9 Å². The van der Waals surface area contributed by atoms with E-state index in [4.69, 9.17) is 16.3 Å². The highest BCUT2D eigenvalue weighted by Crippen LogP contribution is 2.10. The first-order chi connectivity index (χ1) is 9.15. The van der Waals surface area contributed by atoms with Gasteiger partial charge in [-0.05, 0) is 32.1 Å². The SMILES string of the molecule is CN(C)CCCOc1nc(Cl)nc(-n2cncn2)n1. The lowest BCUT2D eigenvalue weighted by molar-refractivity contribution is 0.262. The van der Waals surface area contributed by atoms with Crippen molar-refractivity contribution < 1.29 is 4.74 Å². The Balaban J connectivity index is 2.01. The molecule has 0 saturated heterocycles. The highest BCUT2D eigenvalue weighted by Gasteiger charge is 2.08. The summed E-state index contributed by atoms with van der Waals surface area (Å²) in [5, 5.41) is 3.98. The van der Waals surface area contributed by atoms with Gasteiger partial charge in [-0.3, -0.25) is 0 Å². The quantitative estimate of drug-likeness (QED) is 0.711. The number of ether oxygens (including phenoxy) is 1. The molecule has 0 spiro atoms. The molecule has 0 aromatic carbocycles. The molecule has 102 valence electrons. The van der Waals surface area contributed by atoms with Gasteiger partial charge < -0.3 is 9.64 Å². The van der Waals surface area contributed by atoms with Gasteiger partial charge in [-0.1, -0.05) is 0 Å². The van der Waals surface area contributed by atoms with E-state index >= 15 is 0 Å². The van der Waals surface area contributed by atoms with Gasteiger partial charge in [0.2, 0.25) is 5.28 Å². The first-order valence-electron chi connectivity index (χ1n) is 5.69. The molecule has 0 amide bonds. The average molecular weight is 284 g/mol. The molecule has 2 heterocycles. The van der Waals surface area contributed by atoms with E-state index in [1.165, 1.54) is 17.3 Å². The maximum atomic E-state index is 5.82. The fourth-order valence-electron chi connectivity index (χ4n) is 1.34. The Labute approximate surface area is 115 Å². The molecule has 0 unspecified atom stereocenters. The molecule has 0 bridgehead atoms. The van der Waals surface area contributed by atoms with Crippen molar-refractivity contribution in [2.24, 2.45) is 0 Å². The minimum absolute atomic E-state index is 0.0584. The van der Waals surface area contributed by atoms with Gasteiger partial charge in [0.25, 0.3) is 5.95 Å². The smallest absolute Gasteiger partial charge is 0.322 e. The van der Waals surface area contributed by atoms with E-state index in [0.717, 1.165) is 13.0 Å². The van der Waals surface area contributed by atoms with Crippen LogP contribution in [0, 0.1) is 0 Å². The summed E-state index contributed by atoms with van der Waals surface area (Å²) in [5.41, 5.74) is 0. The first-order valence-corrected chi connectivity index (χ1v) is 6.07. The van der Waals surface area contributed by atoms with Crippen molar-refractivity contribution in [1.29, 1.82) is 0 Å². The van der Waals surface area contributed by atoms with Crippen LogP contribution in [-0.2, 0) is 0 Å². The molecule has 0 saturated carbocycles. The number of hydrogen-bond donors (Lipinski definition) is 0. The molecule has 0 radical (unpaired) electrons. The standard InChI is InChI=1S/C10H14ClN7O/c1-17(2)4-3-5-19-10-15-8(11)14-9(16-10)18-7-12-6-13-18/h6-7H,3-5H2,1-2H3. The van der Waals surface area contributed by atoms with Crippen molar-refractivity contribution in [3.05, 3.63) is 17.9 Å². The minimum Gasteiger partial charge on any atom is -0.463 e. The molecule has 0 aliphatic carbocycles. The van der Waals surface area contributed by atoms with Crippen molar-refractivity contribution in [2.75, 3.05) is 27.2 Å². The molecular weight excluding hydrogens is 270 g/mol. The molecule has 2 aromatic rings. The second-order valence-corrected chi connectivity index (χ2v) is 4.37. The predicted molar refractivity (Wildman–Crippen MR) is 68.4 cm³/mol. The van der Waals surface area contributed by atoms with E-state index in [9.17, 15) is 0 Å². The highest BCUT2D eigenvalue weighted by atomic mass is 35.5. The van der Waals surface area contributed by atoms with Gasteiger partial charge in [0.15, 0.2) is 0 Å². The molecule has 19 heavy (non-hydrogen) atoms. The summed E-state index contributed by atoms with van der Waals surface area (Å²) in [7, 11) is 4.01. The lowest BCUT2D eigenvalue weighted by atomic mass is 10.4. The van der Waals surface area contributed by atoms with E-state index in [1.54, 1.807) is 0 Å². The third kappa shape index (κ3) is 4.11. The fourth-order valence-corrected chi connectivity index (χ4v) is 1.49. The zero-order valence-corrected chi connectivity index (χ0v) is 11.4. The van der Waals surface area contributed by atoms with Crippen molar-refractivity contribution in [1.82, 2.24) is 34.6 Å². The Morgan fingerprint density at radius 2 is 2.16 bits per heavy atom. The van der Waals surface area contributed by atoms with Gasteiger partial charge in [0.05, 0.1) is 6.61 Å². The zero-order valence-electron chi connectivity index (χ0n) is 10.7. The molecule has 0 atom stereocenters. The number of rotatable bonds is 6. The monoisotopic (exact) mass is 283 g/mol. The molecule has 9 heteroatoms. The van der Waals surface area contributed by atoms with E-state index in [0.29, 0.717) is 6.61 Å². The lowest BCUT2D eigenvalue weighted by Gasteiger charge is -2.09. The third-order valence-electron chi connectivity index (χ3n) is 2.18. The highest BCUT2D eigenvalue weighted by molar-refractivity contribution is 6.28. The van der Waals surface area contributed by atoms with Crippen molar-refractivity contribution >= 4 is 11.6 Å². The topological polar surface area (TPSA) is 81.9 Å². The van der Waals surface area contributed by atoms with Crippen molar-refractivity contribution in [2.45, 2.75) is 6.42 Å². The van der Waals surface area contributed by atoms with E-state index in [2.05, 4.69) is 29.9 Å². The van der Waals surface area contributed by atoms with Gasteiger partial charge in [-0.2, -0.15) is 24.7 Å². The van der Waals surface area contributed by atoms with Gasteiger partial charge in [0, 0.05) is 6.54 Å². The molecule has 2 rings (SSSR count). The van der Waals surface area contributed by atoms with Crippen LogP contribution in [0.5, 0.6) is 6.01 Å². The normalized spacial score (nSPS) is 10.9. The van der Waals surface area contributed by atoms with Gasteiger partial charge in [-0.25, -0.2) is 4.98 Å². The molecular formula is C10H14ClN7O. The maximum absolute atomic E-state index is 5.82. The zero-order chi connectivity index (χ0) is 13.7. The van der Waals surface area contributed by atoms with Crippen LogP contribution < -0.4 is 4.74 Å². The van der Waals surface area contributed by atoms with E-state index in [1.807, 2.05) is 14.1 Å². The molecule has 2 aromatic heterocycles. The summed E-state index contributed by atoms with van der Waals surface area (Å²) in [6.07, 6.45) is 3.73. The lowest BCUT2D eigenvalue weighted by Crippen LogP contribution is -2.16. The number of nitrogens with zero attached hydrogens (tertiary/aromatic N) is 7. The summed E-state index contributed by atoms with van der Waals surface area (Å²) in [5.74, 6) is 0.278. The van der Waals surface area contributed by atoms with Gasteiger partial charge in [-0.15, -0.1) is 0 Å². The Morgan fingerprint density at radius 3 is 2.84 bits per heavy atom. The number of halogens is 1. The average Bonchev–Trinajstić information content (AvgIpc) is 2.87. The molecule has 0 N–H and O–H groups in total. The minimum atomic E-state index is 0.0584. The van der Waals surface area contributed by atoms with E-state index in [-0.39, 0.29) is 17.2 Å². The number of aromatic nitrogens is 6. The summed E-state index contributed by atoms with van der Waals surface area (Å²) >= 11 is 5.82. The van der Waals surface area contributed by atoms with Crippen LogP contribution >= 0.6 is 11.6 Å².